The fraction of sp³-hybridized carbons (Fsp3) is 0.364. The molecule has 0 heterocycles. The molecular weight excluding hydrogens is 402 g/mol. The van der Waals surface area contributed by atoms with Crippen molar-refractivity contribution in [1.82, 2.24) is 10.0 Å². The molecule has 0 saturated carbocycles. The molecule has 0 fully saturated rings. The molecule has 3 N–H and O–H groups in total. The van der Waals surface area contributed by atoms with Crippen LogP contribution >= 0.6 is 0 Å². The van der Waals surface area contributed by atoms with Gasteiger partial charge in [0, 0.05) is 17.3 Å². The highest BCUT2D eigenvalue weighted by Crippen LogP contribution is 2.17. The van der Waals surface area contributed by atoms with E-state index in [1.807, 2.05) is 19.9 Å². The third kappa shape index (κ3) is 6.40. The van der Waals surface area contributed by atoms with E-state index in [4.69, 9.17) is 0 Å². The van der Waals surface area contributed by atoms with E-state index in [2.05, 4.69) is 15.4 Å². The molecular formula is C22H29N3O4S. The Morgan fingerprint density at radius 1 is 0.933 bits per heavy atom. The van der Waals surface area contributed by atoms with Crippen LogP contribution in [-0.4, -0.2) is 32.3 Å². The molecule has 0 saturated heterocycles. The quantitative estimate of drug-likeness (QED) is 0.567. The first-order valence-corrected chi connectivity index (χ1v) is 11.4. The smallest absolute Gasteiger partial charge is 0.251 e. The van der Waals surface area contributed by atoms with Gasteiger partial charge in [-0.1, -0.05) is 38.5 Å². The van der Waals surface area contributed by atoms with Gasteiger partial charge in [0.15, 0.2) is 0 Å². The van der Waals surface area contributed by atoms with Crippen molar-refractivity contribution in [1.29, 1.82) is 0 Å². The zero-order valence-corrected chi connectivity index (χ0v) is 18.5. The van der Waals surface area contributed by atoms with Crippen molar-refractivity contribution in [3.8, 4) is 0 Å². The van der Waals surface area contributed by atoms with E-state index in [1.54, 1.807) is 38.1 Å². The Morgan fingerprint density at radius 2 is 1.53 bits per heavy atom. The molecule has 0 aliphatic rings. The Bertz CT molecular complexity index is 958. The Balaban J connectivity index is 2.13. The maximum Gasteiger partial charge on any atom is 0.251 e. The summed E-state index contributed by atoms with van der Waals surface area (Å²) in [6, 6.07) is 13.7. The van der Waals surface area contributed by atoms with E-state index in [9.17, 15) is 18.0 Å². The topological polar surface area (TPSA) is 104 Å². The summed E-state index contributed by atoms with van der Waals surface area (Å²) in [5.41, 5.74) is 0.927. The fourth-order valence-corrected chi connectivity index (χ4v) is 4.08. The lowest BCUT2D eigenvalue weighted by atomic mass is 9.97. The van der Waals surface area contributed by atoms with Gasteiger partial charge in [-0.05, 0) is 56.2 Å². The number of hydrogen-bond donors (Lipinski definition) is 3. The van der Waals surface area contributed by atoms with Gasteiger partial charge in [0.2, 0.25) is 15.9 Å². The lowest BCUT2D eigenvalue weighted by Gasteiger charge is -2.23. The van der Waals surface area contributed by atoms with Crippen LogP contribution in [-0.2, 0) is 14.8 Å². The minimum Gasteiger partial charge on any atom is -0.340 e. The van der Waals surface area contributed by atoms with Crippen LogP contribution in [0.15, 0.2) is 59.5 Å². The summed E-state index contributed by atoms with van der Waals surface area (Å²) in [4.78, 5) is 25.5. The summed E-state index contributed by atoms with van der Waals surface area (Å²) in [5.74, 6) is -0.769. The van der Waals surface area contributed by atoms with E-state index < -0.39 is 16.1 Å². The fourth-order valence-electron chi connectivity index (χ4n) is 2.83. The van der Waals surface area contributed by atoms with Gasteiger partial charge in [0.05, 0.1) is 4.90 Å². The van der Waals surface area contributed by atoms with Gasteiger partial charge in [-0.2, -0.15) is 0 Å². The molecule has 0 aliphatic heterocycles. The Hall–Kier alpha value is -2.71. The molecule has 2 rings (SSSR count). The van der Waals surface area contributed by atoms with Crippen LogP contribution in [0.5, 0.6) is 0 Å². The summed E-state index contributed by atoms with van der Waals surface area (Å²) in [7, 11) is -3.60. The predicted molar refractivity (Wildman–Crippen MR) is 118 cm³/mol. The van der Waals surface area contributed by atoms with Crippen molar-refractivity contribution < 1.29 is 18.0 Å². The maximum atomic E-state index is 12.9. The number of anilines is 1. The zero-order valence-electron chi connectivity index (χ0n) is 17.7. The molecule has 2 atom stereocenters. The lowest BCUT2D eigenvalue weighted by Crippen LogP contribution is -2.47. The molecule has 2 aromatic rings. The molecule has 0 spiro atoms. The number of nitrogens with one attached hydrogen (secondary N) is 3. The highest BCUT2D eigenvalue weighted by atomic mass is 32.2. The number of sulfonamides is 1. The SMILES string of the molecule is CCC(C)C(NC(=O)c1ccccc1)C(=O)Nc1ccc(S(=O)(=O)NC(C)C)cc1. The normalized spacial score (nSPS) is 13.5. The molecule has 8 heteroatoms. The van der Waals surface area contributed by atoms with Crippen molar-refractivity contribution >= 4 is 27.5 Å². The first kappa shape index (κ1) is 23.6. The molecule has 2 unspecified atom stereocenters. The van der Waals surface area contributed by atoms with Gasteiger partial charge >= 0.3 is 0 Å². The minimum atomic E-state index is -3.60. The van der Waals surface area contributed by atoms with Crippen molar-refractivity contribution in [3.05, 3.63) is 60.2 Å². The molecule has 2 amide bonds. The van der Waals surface area contributed by atoms with Crippen LogP contribution in [0.25, 0.3) is 0 Å². The van der Waals surface area contributed by atoms with Gasteiger partial charge in [0.1, 0.15) is 6.04 Å². The minimum absolute atomic E-state index is 0.0902. The summed E-state index contributed by atoms with van der Waals surface area (Å²) in [5, 5.41) is 5.57. The number of carbonyl (C=O) groups excluding carboxylic acids is 2. The molecule has 2 aromatic carbocycles. The van der Waals surface area contributed by atoms with Crippen LogP contribution in [0.4, 0.5) is 5.69 Å². The molecule has 0 aromatic heterocycles. The van der Waals surface area contributed by atoms with Crippen molar-refractivity contribution in [3.63, 3.8) is 0 Å². The van der Waals surface area contributed by atoms with E-state index in [0.717, 1.165) is 0 Å². The Labute approximate surface area is 178 Å². The number of amides is 2. The van der Waals surface area contributed by atoms with Crippen molar-refractivity contribution in [2.45, 2.75) is 51.1 Å². The van der Waals surface area contributed by atoms with Crippen LogP contribution in [0.1, 0.15) is 44.5 Å². The van der Waals surface area contributed by atoms with E-state index >= 15 is 0 Å². The van der Waals surface area contributed by atoms with Gasteiger partial charge in [0.25, 0.3) is 5.91 Å². The summed E-state index contributed by atoms with van der Waals surface area (Å²) < 4.78 is 27.0. The Kier molecular flexibility index (Phi) is 8.14. The standard InChI is InChI=1S/C22H29N3O4S/c1-5-16(4)20(24-21(26)17-9-7-6-8-10-17)22(27)23-18-11-13-19(14-12-18)30(28,29)25-15(2)3/h6-16,20,25H,5H2,1-4H3,(H,23,27)(H,24,26). The summed E-state index contributed by atoms with van der Waals surface area (Å²) in [6.45, 7) is 7.32. The molecule has 30 heavy (non-hydrogen) atoms. The third-order valence-electron chi connectivity index (χ3n) is 4.64. The first-order valence-electron chi connectivity index (χ1n) is 9.93. The molecule has 162 valence electrons. The van der Waals surface area contributed by atoms with Gasteiger partial charge in [-0.15, -0.1) is 0 Å². The van der Waals surface area contributed by atoms with Crippen LogP contribution in [0, 0.1) is 5.92 Å². The third-order valence-corrected chi connectivity index (χ3v) is 6.32. The number of rotatable bonds is 9. The Morgan fingerprint density at radius 3 is 2.07 bits per heavy atom. The predicted octanol–water partition coefficient (Wildman–Crippen LogP) is 3.16. The average Bonchev–Trinajstić information content (AvgIpc) is 2.71. The lowest BCUT2D eigenvalue weighted by molar-refractivity contribution is -0.119. The largest absolute Gasteiger partial charge is 0.340 e. The number of hydrogen-bond acceptors (Lipinski definition) is 4. The van der Waals surface area contributed by atoms with Crippen LogP contribution < -0.4 is 15.4 Å². The van der Waals surface area contributed by atoms with Gasteiger partial charge in [-0.25, -0.2) is 13.1 Å². The van der Waals surface area contributed by atoms with E-state index in [1.165, 1.54) is 24.3 Å². The molecule has 0 aliphatic carbocycles. The number of benzene rings is 2. The average molecular weight is 432 g/mol. The zero-order chi connectivity index (χ0) is 22.3. The second-order valence-electron chi connectivity index (χ2n) is 7.49. The molecule has 0 radical (unpaired) electrons. The molecule has 7 nitrogen and oxygen atoms in total. The monoisotopic (exact) mass is 431 g/mol. The number of carbonyl (C=O) groups is 2. The van der Waals surface area contributed by atoms with Crippen LogP contribution in [0.2, 0.25) is 0 Å². The van der Waals surface area contributed by atoms with Crippen molar-refractivity contribution in [2.24, 2.45) is 5.92 Å². The second-order valence-corrected chi connectivity index (χ2v) is 9.21. The summed E-state index contributed by atoms with van der Waals surface area (Å²) >= 11 is 0. The van der Waals surface area contributed by atoms with Gasteiger partial charge < -0.3 is 10.6 Å². The molecule has 0 bridgehead atoms. The first-order chi connectivity index (χ1) is 14.1. The van der Waals surface area contributed by atoms with Crippen molar-refractivity contribution in [2.75, 3.05) is 5.32 Å². The van der Waals surface area contributed by atoms with E-state index in [0.29, 0.717) is 17.7 Å². The van der Waals surface area contributed by atoms with Gasteiger partial charge in [-0.3, -0.25) is 9.59 Å². The second kappa shape index (κ2) is 10.4. The highest BCUT2D eigenvalue weighted by molar-refractivity contribution is 7.89. The van der Waals surface area contributed by atoms with E-state index in [-0.39, 0.29) is 28.7 Å². The summed E-state index contributed by atoms with van der Waals surface area (Å²) in [6.07, 6.45) is 0.700. The maximum absolute atomic E-state index is 12.9. The highest BCUT2D eigenvalue weighted by Gasteiger charge is 2.26. The van der Waals surface area contributed by atoms with Crippen LogP contribution in [0.3, 0.4) is 0 Å².